The number of anilines is 1. The lowest BCUT2D eigenvalue weighted by atomic mass is 10.2. The van der Waals surface area contributed by atoms with Gasteiger partial charge in [0.2, 0.25) is 11.7 Å². The molecule has 0 aliphatic carbocycles. The molecule has 0 saturated carbocycles. The minimum atomic E-state index is -1.61. The first-order chi connectivity index (χ1) is 12.4. The van der Waals surface area contributed by atoms with Crippen LogP contribution in [0, 0.1) is 0 Å². The van der Waals surface area contributed by atoms with E-state index >= 15 is 0 Å². The maximum atomic E-state index is 12.1. The monoisotopic (exact) mass is 379 g/mol. The fraction of sp³-hybridized carbons (Fsp3) is 0.235. The molecular formula is C17H17NO7S. The smallest absolute Gasteiger partial charge is 0.371 e. The molecule has 0 aliphatic rings. The van der Waals surface area contributed by atoms with E-state index in [1.807, 2.05) is 0 Å². The van der Waals surface area contributed by atoms with E-state index in [0.717, 1.165) is 0 Å². The second-order valence-electron chi connectivity index (χ2n) is 5.11. The first-order valence-electron chi connectivity index (χ1n) is 7.63. The highest BCUT2D eigenvalue weighted by Crippen LogP contribution is 2.16. The average molecular weight is 379 g/mol. The molecule has 1 unspecified atom stereocenters. The Morgan fingerprint density at radius 1 is 1.19 bits per heavy atom. The van der Waals surface area contributed by atoms with Gasteiger partial charge in [0.25, 0.3) is 0 Å². The molecule has 2 rings (SSSR count). The highest BCUT2D eigenvalue weighted by Gasteiger charge is 2.17. The summed E-state index contributed by atoms with van der Waals surface area (Å²) in [6.07, 6.45) is 0. The number of carboxylic acid groups (broad SMARTS) is 1. The van der Waals surface area contributed by atoms with E-state index in [1.165, 1.54) is 18.2 Å². The summed E-state index contributed by atoms with van der Waals surface area (Å²) in [4.78, 5) is 34.7. The third-order valence-corrected chi connectivity index (χ3v) is 4.35. The highest BCUT2D eigenvalue weighted by atomic mass is 32.2. The zero-order chi connectivity index (χ0) is 19.1. The van der Waals surface area contributed by atoms with E-state index < -0.39 is 28.6 Å². The number of nitrogens with one attached hydrogen (secondary N) is 1. The summed E-state index contributed by atoms with van der Waals surface area (Å²) in [6, 6.07) is 8.99. The van der Waals surface area contributed by atoms with Gasteiger partial charge in [-0.2, -0.15) is 0 Å². The van der Waals surface area contributed by atoms with Crippen molar-refractivity contribution in [2.45, 2.75) is 12.7 Å². The number of carboxylic acids is 1. The minimum Gasteiger partial charge on any atom is -0.475 e. The predicted octanol–water partition coefficient (Wildman–Crippen LogP) is 2.04. The number of esters is 1. The molecule has 2 N–H and O–H groups in total. The van der Waals surface area contributed by atoms with Gasteiger partial charge in [-0.25, -0.2) is 9.59 Å². The number of ether oxygens (including phenoxy) is 1. The third-order valence-electron chi connectivity index (χ3n) is 3.16. The Morgan fingerprint density at radius 2 is 1.92 bits per heavy atom. The number of aromatic carboxylic acids is 1. The number of carbonyl (C=O) groups excluding carboxylic acids is 2. The van der Waals surface area contributed by atoms with Gasteiger partial charge in [0.15, 0.2) is 0 Å². The summed E-state index contributed by atoms with van der Waals surface area (Å²) in [6.45, 7) is 1.87. The zero-order valence-electron chi connectivity index (χ0n) is 13.9. The second-order valence-corrected chi connectivity index (χ2v) is 6.57. The van der Waals surface area contributed by atoms with Crippen LogP contribution in [0.5, 0.6) is 0 Å². The molecule has 0 spiro atoms. The van der Waals surface area contributed by atoms with Crippen molar-refractivity contribution in [3.63, 3.8) is 0 Å². The number of hydrogen-bond acceptors (Lipinski definition) is 6. The van der Waals surface area contributed by atoms with Crippen LogP contribution in [0.1, 0.15) is 33.6 Å². The molecule has 1 aromatic carbocycles. The molecule has 1 amide bonds. The number of furan rings is 1. The molecule has 1 atom stereocenters. The number of amides is 1. The zero-order valence-corrected chi connectivity index (χ0v) is 14.7. The Hall–Kier alpha value is -2.94. The van der Waals surface area contributed by atoms with Crippen molar-refractivity contribution in [2.24, 2.45) is 0 Å². The van der Waals surface area contributed by atoms with Crippen LogP contribution < -0.4 is 5.32 Å². The SMILES string of the molecule is CCOC(=O)c1ccccc1NC(=O)CS(=O)Cc1ccc(C(=O)O)o1. The highest BCUT2D eigenvalue weighted by molar-refractivity contribution is 7.84. The van der Waals surface area contributed by atoms with Crippen LogP contribution in [-0.2, 0) is 26.1 Å². The van der Waals surface area contributed by atoms with Gasteiger partial charge in [0.1, 0.15) is 11.5 Å². The molecule has 0 aliphatic heterocycles. The van der Waals surface area contributed by atoms with E-state index in [4.69, 9.17) is 14.3 Å². The number of carbonyl (C=O) groups is 3. The Bertz CT molecular complexity index is 843. The van der Waals surface area contributed by atoms with E-state index in [1.54, 1.807) is 25.1 Å². The first kappa shape index (κ1) is 19.4. The molecule has 9 heteroatoms. The van der Waals surface area contributed by atoms with Crippen LogP contribution in [0.15, 0.2) is 40.8 Å². The van der Waals surface area contributed by atoms with Gasteiger partial charge in [-0.1, -0.05) is 12.1 Å². The van der Waals surface area contributed by atoms with Crippen LogP contribution in [-0.4, -0.2) is 39.5 Å². The van der Waals surface area contributed by atoms with Crippen LogP contribution >= 0.6 is 0 Å². The van der Waals surface area contributed by atoms with Crippen molar-refractivity contribution < 1.29 is 32.9 Å². The molecule has 2 aromatic rings. The predicted molar refractivity (Wildman–Crippen MR) is 93.4 cm³/mol. The normalized spacial score (nSPS) is 11.6. The van der Waals surface area contributed by atoms with Gasteiger partial charge < -0.3 is 19.6 Å². The van der Waals surface area contributed by atoms with Crippen molar-refractivity contribution >= 4 is 34.3 Å². The Morgan fingerprint density at radius 3 is 2.58 bits per heavy atom. The quantitative estimate of drug-likeness (QED) is 0.673. The van der Waals surface area contributed by atoms with E-state index in [-0.39, 0.29) is 40.9 Å². The van der Waals surface area contributed by atoms with Crippen molar-refractivity contribution in [2.75, 3.05) is 17.7 Å². The number of rotatable bonds is 8. The average Bonchev–Trinajstić information content (AvgIpc) is 3.04. The van der Waals surface area contributed by atoms with Crippen LogP contribution in [0.2, 0.25) is 0 Å². The summed E-state index contributed by atoms with van der Waals surface area (Å²) in [7, 11) is -1.61. The second kappa shape index (κ2) is 8.95. The van der Waals surface area contributed by atoms with Crippen molar-refractivity contribution in [3.05, 3.63) is 53.5 Å². The Balaban J connectivity index is 1.97. The lowest BCUT2D eigenvalue weighted by molar-refractivity contribution is -0.113. The maximum Gasteiger partial charge on any atom is 0.371 e. The van der Waals surface area contributed by atoms with Gasteiger partial charge in [0.05, 0.1) is 23.6 Å². The summed E-state index contributed by atoms with van der Waals surface area (Å²) in [5.74, 6) is -2.83. The van der Waals surface area contributed by atoms with Gasteiger partial charge in [-0.3, -0.25) is 9.00 Å². The van der Waals surface area contributed by atoms with E-state index in [9.17, 15) is 18.6 Å². The van der Waals surface area contributed by atoms with E-state index in [0.29, 0.717) is 0 Å². The summed E-state index contributed by atoms with van der Waals surface area (Å²) in [5.41, 5.74) is 0.463. The van der Waals surface area contributed by atoms with Crippen molar-refractivity contribution in [1.29, 1.82) is 0 Å². The Kier molecular flexibility index (Phi) is 6.67. The molecule has 0 radical (unpaired) electrons. The van der Waals surface area contributed by atoms with Gasteiger partial charge in [-0.15, -0.1) is 0 Å². The van der Waals surface area contributed by atoms with Gasteiger partial charge in [0, 0.05) is 10.8 Å². The van der Waals surface area contributed by atoms with Crippen LogP contribution in [0.3, 0.4) is 0 Å². The molecule has 8 nitrogen and oxygen atoms in total. The largest absolute Gasteiger partial charge is 0.475 e. The summed E-state index contributed by atoms with van der Waals surface area (Å²) < 4.78 is 22.0. The molecule has 0 bridgehead atoms. The van der Waals surface area contributed by atoms with Gasteiger partial charge >= 0.3 is 11.9 Å². The van der Waals surface area contributed by atoms with Crippen LogP contribution in [0.4, 0.5) is 5.69 Å². The molecule has 138 valence electrons. The summed E-state index contributed by atoms with van der Waals surface area (Å²) >= 11 is 0. The fourth-order valence-corrected chi connectivity index (χ4v) is 3.03. The molecule has 26 heavy (non-hydrogen) atoms. The molecular weight excluding hydrogens is 362 g/mol. The lowest BCUT2D eigenvalue weighted by Gasteiger charge is -2.10. The molecule has 0 saturated heterocycles. The topological polar surface area (TPSA) is 123 Å². The van der Waals surface area contributed by atoms with Crippen LogP contribution in [0.25, 0.3) is 0 Å². The molecule has 0 fully saturated rings. The van der Waals surface area contributed by atoms with Crippen molar-refractivity contribution in [3.8, 4) is 0 Å². The number of benzene rings is 1. The Labute approximate surface area is 151 Å². The fourth-order valence-electron chi connectivity index (χ4n) is 2.09. The van der Waals surface area contributed by atoms with Gasteiger partial charge in [-0.05, 0) is 31.2 Å². The maximum absolute atomic E-state index is 12.1. The van der Waals surface area contributed by atoms with E-state index in [2.05, 4.69) is 5.32 Å². The first-order valence-corrected chi connectivity index (χ1v) is 9.12. The third kappa shape index (κ3) is 5.28. The molecule has 1 aromatic heterocycles. The standard InChI is InChI=1S/C17H17NO7S/c1-2-24-17(22)12-5-3-4-6-13(12)18-15(19)10-26(23)9-11-7-8-14(25-11)16(20)21/h3-8H,2,9-10H2,1H3,(H,18,19)(H,20,21). The van der Waals surface area contributed by atoms with Crippen molar-refractivity contribution in [1.82, 2.24) is 0 Å². The minimum absolute atomic E-state index is 0.0970. The molecule has 1 heterocycles. The number of para-hydroxylation sites is 1. The summed E-state index contributed by atoms with van der Waals surface area (Å²) in [5, 5.41) is 11.3. The number of hydrogen-bond donors (Lipinski definition) is 2. The lowest BCUT2D eigenvalue weighted by Crippen LogP contribution is -2.21.